The fourth-order valence-corrected chi connectivity index (χ4v) is 2.46. The van der Waals surface area contributed by atoms with Gasteiger partial charge in [-0.3, -0.25) is 4.79 Å². The molecule has 88 valence electrons. The third-order valence-corrected chi connectivity index (χ3v) is 3.36. The minimum atomic E-state index is 0.344. The van der Waals surface area contributed by atoms with Gasteiger partial charge in [0.1, 0.15) is 6.29 Å². The number of hydrogen-bond acceptors (Lipinski definition) is 2. The van der Waals surface area contributed by atoms with Crippen molar-refractivity contribution < 1.29 is 9.53 Å². The Balaban J connectivity index is 1.91. The smallest absolute Gasteiger partial charge is 0.150 e. The molecule has 1 fully saturated rings. The van der Waals surface area contributed by atoms with Crippen LogP contribution in [0.1, 0.15) is 23.2 Å². The molecule has 1 aromatic carbocycles. The van der Waals surface area contributed by atoms with E-state index in [0.29, 0.717) is 6.10 Å². The highest BCUT2D eigenvalue weighted by molar-refractivity contribution is 5.87. The van der Waals surface area contributed by atoms with Crippen LogP contribution in [0.2, 0.25) is 0 Å². The van der Waals surface area contributed by atoms with Gasteiger partial charge in [0.15, 0.2) is 0 Å². The van der Waals surface area contributed by atoms with Gasteiger partial charge in [0.05, 0.1) is 6.10 Å². The van der Waals surface area contributed by atoms with Crippen molar-refractivity contribution in [3.8, 4) is 0 Å². The van der Waals surface area contributed by atoms with E-state index in [1.807, 2.05) is 18.2 Å². The number of aldehydes is 1. The first kappa shape index (κ1) is 10.5. The lowest BCUT2D eigenvalue weighted by molar-refractivity contribution is 0.0980. The van der Waals surface area contributed by atoms with Crippen molar-refractivity contribution in [2.75, 3.05) is 6.61 Å². The fourth-order valence-electron chi connectivity index (χ4n) is 2.46. The number of nitrogens with zero attached hydrogens (tertiary/aromatic N) is 1. The van der Waals surface area contributed by atoms with E-state index in [0.717, 1.165) is 36.8 Å². The number of carbonyl (C=O) groups excluding carboxylic acids is 1. The second-order valence-electron chi connectivity index (χ2n) is 4.54. The van der Waals surface area contributed by atoms with E-state index < -0.39 is 0 Å². The molecule has 1 aromatic heterocycles. The predicted molar refractivity (Wildman–Crippen MR) is 66.3 cm³/mol. The number of hydrogen-bond donors (Lipinski definition) is 0. The normalized spacial score (nSPS) is 19.9. The zero-order chi connectivity index (χ0) is 11.7. The van der Waals surface area contributed by atoms with Gasteiger partial charge in [-0.25, -0.2) is 0 Å². The highest BCUT2D eigenvalue weighted by Gasteiger charge is 2.16. The Labute approximate surface area is 100.0 Å². The van der Waals surface area contributed by atoms with Crippen LogP contribution in [-0.4, -0.2) is 23.6 Å². The number of benzene rings is 1. The first-order valence-corrected chi connectivity index (χ1v) is 6.02. The Morgan fingerprint density at radius 1 is 1.41 bits per heavy atom. The Morgan fingerprint density at radius 3 is 3.12 bits per heavy atom. The van der Waals surface area contributed by atoms with Crippen LogP contribution in [0.3, 0.4) is 0 Å². The lowest BCUT2D eigenvalue weighted by atomic mass is 10.2. The molecular weight excluding hydrogens is 214 g/mol. The number of rotatable bonds is 3. The zero-order valence-corrected chi connectivity index (χ0v) is 9.63. The van der Waals surface area contributed by atoms with Gasteiger partial charge < -0.3 is 9.30 Å². The highest BCUT2D eigenvalue weighted by atomic mass is 16.5. The second kappa shape index (κ2) is 4.34. The van der Waals surface area contributed by atoms with Crippen LogP contribution in [0.15, 0.2) is 30.5 Å². The predicted octanol–water partition coefficient (Wildman–Crippen LogP) is 2.63. The minimum absolute atomic E-state index is 0.344. The molecule has 0 bridgehead atoms. The molecule has 1 aliphatic rings. The molecule has 0 saturated carbocycles. The molecule has 17 heavy (non-hydrogen) atoms. The SMILES string of the molecule is O=Cc1ccc2c(ccn2CC2CCCO2)c1. The van der Waals surface area contributed by atoms with Gasteiger partial charge in [-0.2, -0.15) is 0 Å². The van der Waals surface area contributed by atoms with E-state index in [-0.39, 0.29) is 0 Å². The average molecular weight is 229 g/mol. The summed E-state index contributed by atoms with van der Waals surface area (Å²) in [5.41, 5.74) is 1.90. The van der Waals surface area contributed by atoms with E-state index in [2.05, 4.69) is 16.8 Å². The molecule has 0 radical (unpaired) electrons. The number of fused-ring (bicyclic) bond motifs is 1. The standard InChI is InChI=1S/C14H15NO2/c16-10-11-3-4-14-12(8-11)5-6-15(14)9-13-2-1-7-17-13/h3-6,8,10,13H,1-2,7,9H2. The van der Waals surface area contributed by atoms with Gasteiger partial charge in [-0.15, -0.1) is 0 Å². The van der Waals surface area contributed by atoms with Crippen molar-refractivity contribution in [2.45, 2.75) is 25.5 Å². The zero-order valence-electron chi connectivity index (χ0n) is 9.63. The average Bonchev–Trinajstić information content (AvgIpc) is 2.99. The summed E-state index contributed by atoms with van der Waals surface area (Å²) < 4.78 is 7.85. The molecule has 1 saturated heterocycles. The van der Waals surface area contributed by atoms with E-state index in [1.54, 1.807) is 0 Å². The van der Waals surface area contributed by atoms with Crippen LogP contribution in [0, 0.1) is 0 Å². The summed E-state index contributed by atoms with van der Waals surface area (Å²) in [5.74, 6) is 0. The third-order valence-electron chi connectivity index (χ3n) is 3.36. The molecule has 1 aliphatic heterocycles. The number of aromatic nitrogens is 1. The molecule has 1 unspecified atom stereocenters. The largest absolute Gasteiger partial charge is 0.376 e. The van der Waals surface area contributed by atoms with Crippen LogP contribution >= 0.6 is 0 Å². The summed E-state index contributed by atoms with van der Waals surface area (Å²) in [6, 6.07) is 7.85. The first-order chi connectivity index (χ1) is 8.36. The topological polar surface area (TPSA) is 31.2 Å². The van der Waals surface area contributed by atoms with Crippen molar-refractivity contribution >= 4 is 17.2 Å². The van der Waals surface area contributed by atoms with Gasteiger partial charge in [0.2, 0.25) is 0 Å². The van der Waals surface area contributed by atoms with E-state index >= 15 is 0 Å². The van der Waals surface area contributed by atoms with Crippen LogP contribution in [0.25, 0.3) is 10.9 Å². The maximum atomic E-state index is 10.7. The Bertz CT molecular complexity index is 538. The Kier molecular flexibility index (Phi) is 2.69. The van der Waals surface area contributed by atoms with Crippen LogP contribution in [0.4, 0.5) is 0 Å². The van der Waals surface area contributed by atoms with Crippen molar-refractivity contribution in [3.63, 3.8) is 0 Å². The molecule has 0 spiro atoms. The first-order valence-electron chi connectivity index (χ1n) is 6.02. The monoisotopic (exact) mass is 229 g/mol. The van der Waals surface area contributed by atoms with Gasteiger partial charge in [-0.05, 0) is 37.1 Å². The van der Waals surface area contributed by atoms with E-state index in [4.69, 9.17) is 4.74 Å². The summed E-state index contributed by atoms with van der Waals surface area (Å²) in [6.07, 6.45) is 5.61. The lowest BCUT2D eigenvalue weighted by Gasteiger charge is -2.11. The van der Waals surface area contributed by atoms with Crippen molar-refractivity contribution in [2.24, 2.45) is 0 Å². The van der Waals surface area contributed by atoms with Crippen LogP contribution in [0.5, 0.6) is 0 Å². The number of carbonyl (C=O) groups is 1. The molecule has 0 N–H and O–H groups in total. The highest BCUT2D eigenvalue weighted by Crippen LogP contribution is 2.20. The fraction of sp³-hybridized carbons (Fsp3) is 0.357. The van der Waals surface area contributed by atoms with E-state index in [1.165, 1.54) is 11.9 Å². The molecule has 1 atom stereocenters. The lowest BCUT2D eigenvalue weighted by Crippen LogP contribution is -2.13. The summed E-state index contributed by atoms with van der Waals surface area (Å²) in [5, 5.41) is 1.12. The van der Waals surface area contributed by atoms with Crippen molar-refractivity contribution in [3.05, 3.63) is 36.0 Å². The van der Waals surface area contributed by atoms with Gasteiger partial charge in [0.25, 0.3) is 0 Å². The van der Waals surface area contributed by atoms with Crippen molar-refractivity contribution in [1.82, 2.24) is 4.57 Å². The molecule has 2 aromatic rings. The Morgan fingerprint density at radius 2 is 2.35 bits per heavy atom. The molecule has 3 nitrogen and oxygen atoms in total. The molecule has 2 heterocycles. The number of ether oxygens (including phenoxy) is 1. The van der Waals surface area contributed by atoms with Crippen LogP contribution in [-0.2, 0) is 11.3 Å². The second-order valence-corrected chi connectivity index (χ2v) is 4.54. The van der Waals surface area contributed by atoms with Gasteiger partial charge in [0, 0.05) is 35.8 Å². The quantitative estimate of drug-likeness (QED) is 0.758. The maximum Gasteiger partial charge on any atom is 0.150 e. The summed E-state index contributed by atoms with van der Waals surface area (Å²) >= 11 is 0. The molecule has 0 aliphatic carbocycles. The van der Waals surface area contributed by atoms with E-state index in [9.17, 15) is 4.79 Å². The van der Waals surface area contributed by atoms with Gasteiger partial charge in [-0.1, -0.05) is 0 Å². The van der Waals surface area contributed by atoms with Crippen molar-refractivity contribution in [1.29, 1.82) is 0 Å². The third kappa shape index (κ3) is 1.98. The maximum absolute atomic E-state index is 10.7. The minimum Gasteiger partial charge on any atom is -0.376 e. The summed E-state index contributed by atoms with van der Waals surface area (Å²) in [4.78, 5) is 10.7. The van der Waals surface area contributed by atoms with Gasteiger partial charge >= 0.3 is 0 Å². The Hall–Kier alpha value is -1.61. The molecule has 3 rings (SSSR count). The summed E-state index contributed by atoms with van der Waals surface area (Å²) in [6.45, 7) is 1.79. The van der Waals surface area contributed by atoms with Crippen LogP contribution < -0.4 is 0 Å². The molecular formula is C14H15NO2. The molecule has 0 amide bonds. The molecule has 3 heteroatoms. The summed E-state index contributed by atoms with van der Waals surface area (Å²) in [7, 11) is 0.